The van der Waals surface area contributed by atoms with Gasteiger partial charge in [-0.1, -0.05) is 18.2 Å². The summed E-state index contributed by atoms with van der Waals surface area (Å²) in [4.78, 5) is 11.7. The molecule has 5 heteroatoms. The molecule has 0 aliphatic heterocycles. The summed E-state index contributed by atoms with van der Waals surface area (Å²) in [5.41, 5.74) is 2.03. The molecule has 20 heavy (non-hydrogen) atoms. The van der Waals surface area contributed by atoms with E-state index in [-0.39, 0.29) is 12.5 Å². The number of aryl methyl sites for hydroxylation is 1. The van der Waals surface area contributed by atoms with Crippen molar-refractivity contribution in [3.8, 4) is 0 Å². The second kappa shape index (κ2) is 6.14. The highest BCUT2D eigenvalue weighted by Gasteiger charge is 2.06. The second-order valence-corrected chi connectivity index (χ2v) is 4.35. The van der Waals surface area contributed by atoms with Crippen LogP contribution >= 0.6 is 0 Å². The maximum Gasteiger partial charge on any atom is 0.243 e. The molecular weight excluding hydrogens is 262 g/mol. The molecule has 104 valence electrons. The van der Waals surface area contributed by atoms with Crippen molar-refractivity contribution in [3.05, 3.63) is 59.7 Å². The fourth-order valence-electron chi connectivity index (χ4n) is 1.70. The molecule has 3 nitrogen and oxygen atoms in total. The zero-order valence-electron chi connectivity index (χ0n) is 10.9. The Bertz CT molecular complexity index is 629. The van der Waals surface area contributed by atoms with Crippen molar-refractivity contribution in [1.29, 1.82) is 0 Å². The standard InChI is InChI=1S/C15H14F2N2O/c1-10-4-2-3-5-14(10)19-15(20)9-18-11-6-7-12(16)13(17)8-11/h2-8,18H,9H2,1H3,(H,19,20). The highest BCUT2D eigenvalue weighted by atomic mass is 19.2. The fraction of sp³-hybridized carbons (Fsp3) is 0.133. The molecule has 0 bridgehead atoms. The van der Waals surface area contributed by atoms with Crippen LogP contribution < -0.4 is 10.6 Å². The molecule has 0 atom stereocenters. The predicted octanol–water partition coefficient (Wildman–Crippen LogP) is 3.32. The van der Waals surface area contributed by atoms with Crippen LogP contribution in [-0.4, -0.2) is 12.5 Å². The molecule has 0 saturated carbocycles. The minimum atomic E-state index is -0.950. The molecule has 2 N–H and O–H groups in total. The van der Waals surface area contributed by atoms with Crippen molar-refractivity contribution in [3.63, 3.8) is 0 Å². The van der Waals surface area contributed by atoms with E-state index in [2.05, 4.69) is 10.6 Å². The molecule has 2 aromatic carbocycles. The van der Waals surface area contributed by atoms with Crippen LogP contribution in [0.4, 0.5) is 20.2 Å². The molecule has 2 rings (SSSR count). The molecule has 0 saturated heterocycles. The molecule has 0 radical (unpaired) electrons. The quantitative estimate of drug-likeness (QED) is 0.899. The average Bonchev–Trinajstić information content (AvgIpc) is 2.43. The number of carbonyl (C=O) groups excluding carboxylic acids is 1. The van der Waals surface area contributed by atoms with Gasteiger partial charge in [-0.15, -0.1) is 0 Å². The monoisotopic (exact) mass is 276 g/mol. The van der Waals surface area contributed by atoms with E-state index in [1.165, 1.54) is 6.07 Å². The number of para-hydroxylation sites is 1. The van der Waals surface area contributed by atoms with E-state index in [1.54, 1.807) is 6.07 Å². The molecule has 0 aromatic heterocycles. The van der Waals surface area contributed by atoms with E-state index in [0.29, 0.717) is 5.69 Å². The van der Waals surface area contributed by atoms with Crippen molar-refractivity contribution >= 4 is 17.3 Å². The maximum absolute atomic E-state index is 13.0. The van der Waals surface area contributed by atoms with Crippen molar-refractivity contribution < 1.29 is 13.6 Å². The Morgan fingerprint density at radius 3 is 2.55 bits per heavy atom. The summed E-state index contributed by atoms with van der Waals surface area (Å²) in [6, 6.07) is 10.8. The molecular formula is C15H14F2N2O. The first kappa shape index (κ1) is 14.0. The summed E-state index contributed by atoms with van der Waals surface area (Å²) in [6.45, 7) is 1.86. The lowest BCUT2D eigenvalue weighted by atomic mass is 10.2. The summed E-state index contributed by atoms with van der Waals surface area (Å²) in [7, 11) is 0. The Balaban J connectivity index is 1.92. The molecule has 0 unspecified atom stereocenters. The largest absolute Gasteiger partial charge is 0.376 e. The van der Waals surface area contributed by atoms with E-state index >= 15 is 0 Å². The van der Waals surface area contributed by atoms with Crippen LogP contribution in [-0.2, 0) is 4.79 Å². The molecule has 0 aliphatic carbocycles. The van der Waals surface area contributed by atoms with Gasteiger partial charge < -0.3 is 10.6 Å². The normalized spacial score (nSPS) is 10.2. The Hall–Kier alpha value is -2.43. The number of anilines is 2. The Morgan fingerprint density at radius 1 is 1.10 bits per heavy atom. The highest BCUT2D eigenvalue weighted by molar-refractivity contribution is 5.94. The van der Waals surface area contributed by atoms with Crippen LogP contribution in [0.5, 0.6) is 0 Å². The number of halogens is 2. The molecule has 0 aliphatic rings. The van der Waals surface area contributed by atoms with E-state index in [0.717, 1.165) is 23.4 Å². The molecule has 0 spiro atoms. The van der Waals surface area contributed by atoms with Crippen LogP contribution in [0.2, 0.25) is 0 Å². The van der Waals surface area contributed by atoms with Gasteiger partial charge in [0.15, 0.2) is 11.6 Å². The van der Waals surface area contributed by atoms with Crippen LogP contribution in [0.15, 0.2) is 42.5 Å². The van der Waals surface area contributed by atoms with Gasteiger partial charge in [0.05, 0.1) is 6.54 Å². The van der Waals surface area contributed by atoms with Gasteiger partial charge in [-0.05, 0) is 30.7 Å². The smallest absolute Gasteiger partial charge is 0.243 e. The predicted molar refractivity (Wildman–Crippen MR) is 74.7 cm³/mol. The number of amides is 1. The number of benzene rings is 2. The maximum atomic E-state index is 13.0. The van der Waals surface area contributed by atoms with Crippen molar-refractivity contribution in [2.45, 2.75) is 6.92 Å². The number of carbonyl (C=O) groups is 1. The van der Waals surface area contributed by atoms with Gasteiger partial charge in [0.25, 0.3) is 0 Å². The minimum Gasteiger partial charge on any atom is -0.376 e. The van der Waals surface area contributed by atoms with Crippen LogP contribution in [0.1, 0.15) is 5.56 Å². The SMILES string of the molecule is Cc1ccccc1NC(=O)CNc1ccc(F)c(F)c1. The van der Waals surface area contributed by atoms with Gasteiger partial charge in [0.1, 0.15) is 0 Å². The number of nitrogens with one attached hydrogen (secondary N) is 2. The summed E-state index contributed by atoms with van der Waals surface area (Å²) in [5, 5.41) is 5.47. The van der Waals surface area contributed by atoms with E-state index < -0.39 is 11.6 Å². The third-order valence-electron chi connectivity index (χ3n) is 2.79. The van der Waals surface area contributed by atoms with Gasteiger partial charge in [0.2, 0.25) is 5.91 Å². The number of hydrogen-bond donors (Lipinski definition) is 2. The summed E-state index contributed by atoms with van der Waals surface area (Å²) in [5.74, 6) is -2.13. The van der Waals surface area contributed by atoms with Crippen molar-refractivity contribution in [2.75, 3.05) is 17.2 Å². The summed E-state index contributed by atoms with van der Waals surface area (Å²) >= 11 is 0. The average molecular weight is 276 g/mol. The number of hydrogen-bond acceptors (Lipinski definition) is 2. The Kier molecular flexibility index (Phi) is 4.30. The van der Waals surface area contributed by atoms with Crippen molar-refractivity contribution in [1.82, 2.24) is 0 Å². The number of rotatable bonds is 4. The van der Waals surface area contributed by atoms with E-state index in [9.17, 15) is 13.6 Å². The molecule has 0 heterocycles. The third kappa shape index (κ3) is 3.54. The lowest BCUT2D eigenvalue weighted by Gasteiger charge is -2.09. The van der Waals surface area contributed by atoms with Crippen molar-refractivity contribution in [2.24, 2.45) is 0 Å². The first-order chi connectivity index (χ1) is 9.56. The van der Waals surface area contributed by atoms with Gasteiger partial charge in [-0.3, -0.25) is 4.79 Å². The van der Waals surface area contributed by atoms with Gasteiger partial charge in [-0.2, -0.15) is 0 Å². The Labute approximate surface area is 115 Å². The zero-order valence-corrected chi connectivity index (χ0v) is 10.9. The van der Waals surface area contributed by atoms with Crippen LogP contribution in [0.3, 0.4) is 0 Å². The fourth-order valence-corrected chi connectivity index (χ4v) is 1.70. The second-order valence-electron chi connectivity index (χ2n) is 4.35. The summed E-state index contributed by atoms with van der Waals surface area (Å²) < 4.78 is 25.7. The van der Waals surface area contributed by atoms with Gasteiger partial charge in [0, 0.05) is 17.4 Å². The van der Waals surface area contributed by atoms with Gasteiger partial charge >= 0.3 is 0 Å². The Morgan fingerprint density at radius 2 is 1.85 bits per heavy atom. The molecule has 0 fully saturated rings. The lowest BCUT2D eigenvalue weighted by Crippen LogP contribution is -2.22. The van der Waals surface area contributed by atoms with Gasteiger partial charge in [-0.25, -0.2) is 8.78 Å². The molecule has 2 aromatic rings. The highest BCUT2D eigenvalue weighted by Crippen LogP contribution is 2.14. The van der Waals surface area contributed by atoms with Crippen LogP contribution in [0.25, 0.3) is 0 Å². The zero-order chi connectivity index (χ0) is 14.5. The van der Waals surface area contributed by atoms with E-state index in [4.69, 9.17) is 0 Å². The topological polar surface area (TPSA) is 41.1 Å². The lowest BCUT2D eigenvalue weighted by molar-refractivity contribution is -0.114. The molecule has 1 amide bonds. The van der Waals surface area contributed by atoms with Crippen LogP contribution in [0, 0.1) is 18.6 Å². The minimum absolute atomic E-state index is 0.0284. The summed E-state index contributed by atoms with van der Waals surface area (Å²) in [6.07, 6.45) is 0. The first-order valence-electron chi connectivity index (χ1n) is 6.10. The van der Waals surface area contributed by atoms with E-state index in [1.807, 2.05) is 25.1 Å². The first-order valence-corrected chi connectivity index (χ1v) is 6.10. The third-order valence-corrected chi connectivity index (χ3v) is 2.79.